The molecule has 4 rings (SSSR count). The van der Waals surface area contributed by atoms with Gasteiger partial charge in [-0.15, -0.1) is 0 Å². The number of fused-ring (bicyclic) bond motifs is 3. The summed E-state index contributed by atoms with van der Waals surface area (Å²) in [6.07, 6.45) is 0.0464. The summed E-state index contributed by atoms with van der Waals surface area (Å²) < 4.78 is 8.04. The van der Waals surface area contributed by atoms with Crippen LogP contribution in [0.5, 0.6) is 0 Å². The highest BCUT2D eigenvalue weighted by molar-refractivity contribution is 6.07. The molecule has 1 aliphatic heterocycles. The lowest BCUT2D eigenvalue weighted by Crippen LogP contribution is -2.48. The quantitative estimate of drug-likeness (QED) is 0.793. The van der Waals surface area contributed by atoms with Crippen molar-refractivity contribution in [2.75, 3.05) is 19.6 Å². The van der Waals surface area contributed by atoms with Crippen molar-refractivity contribution in [1.29, 1.82) is 0 Å². The Kier molecular flexibility index (Phi) is 4.50. The number of aliphatic hydroxyl groups excluding tert-OH is 1. The molecule has 0 amide bonds. The molecule has 3 aromatic rings. The third kappa shape index (κ3) is 3.30. The van der Waals surface area contributed by atoms with Crippen molar-refractivity contribution >= 4 is 21.8 Å². The SMILES string of the molecule is CC1CN(CC(O)Cn2c3ccccc3c3ccccc32)CC(C)O1. The molecule has 4 nitrogen and oxygen atoms in total. The first-order valence-corrected chi connectivity index (χ1v) is 9.13. The van der Waals surface area contributed by atoms with Crippen LogP contribution in [0.4, 0.5) is 0 Å². The van der Waals surface area contributed by atoms with Gasteiger partial charge in [-0.05, 0) is 26.0 Å². The fraction of sp³-hybridized carbons (Fsp3) is 0.429. The summed E-state index contributed by atoms with van der Waals surface area (Å²) in [4.78, 5) is 2.32. The first-order valence-electron chi connectivity index (χ1n) is 9.13. The van der Waals surface area contributed by atoms with Gasteiger partial charge in [-0.3, -0.25) is 4.90 Å². The van der Waals surface area contributed by atoms with E-state index in [4.69, 9.17) is 4.74 Å². The van der Waals surface area contributed by atoms with Crippen LogP contribution in [0.1, 0.15) is 13.8 Å². The molecule has 0 aliphatic carbocycles. The summed E-state index contributed by atoms with van der Waals surface area (Å²) in [5, 5.41) is 13.3. The molecule has 0 saturated carbocycles. The van der Waals surface area contributed by atoms with Gasteiger partial charge < -0.3 is 14.4 Å². The number of β-amino-alcohol motifs (C(OH)–C–C–N with tert-alkyl or cyclic N) is 1. The normalized spacial score (nSPS) is 23.3. The summed E-state index contributed by atoms with van der Waals surface area (Å²) in [6.45, 7) is 7.25. The Balaban J connectivity index is 1.59. The number of hydrogen-bond donors (Lipinski definition) is 1. The molecule has 25 heavy (non-hydrogen) atoms. The fourth-order valence-electron chi connectivity index (χ4n) is 4.20. The minimum atomic E-state index is -0.406. The van der Waals surface area contributed by atoms with Crippen molar-refractivity contribution in [3.63, 3.8) is 0 Å². The van der Waals surface area contributed by atoms with E-state index in [0.717, 1.165) is 13.1 Å². The largest absolute Gasteiger partial charge is 0.390 e. The van der Waals surface area contributed by atoms with Gasteiger partial charge in [-0.25, -0.2) is 0 Å². The molecule has 1 aliphatic rings. The molecule has 2 heterocycles. The van der Waals surface area contributed by atoms with E-state index in [9.17, 15) is 5.11 Å². The first kappa shape index (κ1) is 16.6. The topological polar surface area (TPSA) is 37.6 Å². The molecule has 1 saturated heterocycles. The number of aliphatic hydroxyl groups is 1. The van der Waals surface area contributed by atoms with E-state index in [2.05, 4.69) is 71.8 Å². The Morgan fingerprint density at radius 1 is 0.920 bits per heavy atom. The maximum absolute atomic E-state index is 10.8. The summed E-state index contributed by atoms with van der Waals surface area (Å²) >= 11 is 0. The summed E-state index contributed by atoms with van der Waals surface area (Å²) in [5.41, 5.74) is 2.37. The van der Waals surface area contributed by atoms with Gasteiger partial charge >= 0.3 is 0 Å². The van der Waals surface area contributed by atoms with Crippen molar-refractivity contribution in [2.24, 2.45) is 0 Å². The minimum absolute atomic E-state index is 0.226. The van der Waals surface area contributed by atoms with Gasteiger partial charge in [-0.1, -0.05) is 36.4 Å². The van der Waals surface area contributed by atoms with E-state index in [1.54, 1.807) is 0 Å². The standard InChI is InChI=1S/C21H26N2O2/c1-15-11-22(12-16(2)25-15)13-17(24)14-23-20-9-5-3-7-18(20)19-8-4-6-10-21(19)23/h3-10,15-17,24H,11-14H2,1-2H3. The lowest BCUT2D eigenvalue weighted by molar-refractivity contribution is -0.0771. The van der Waals surface area contributed by atoms with Crippen molar-refractivity contribution in [3.8, 4) is 0 Å². The van der Waals surface area contributed by atoms with Gasteiger partial charge in [0.05, 0.1) is 24.9 Å². The highest BCUT2D eigenvalue weighted by Gasteiger charge is 2.24. The second-order valence-electron chi connectivity index (χ2n) is 7.27. The molecule has 4 heteroatoms. The summed E-state index contributed by atoms with van der Waals surface area (Å²) in [6, 6.07) is 16.9. The highest BCUT2D eigenvalue weighted by atomic mass is 16.5. The molecule has 0 radical (unpaired) electrons. The molecule has 0 bridgehead atoms. The van der Waals surface area contributed by atoms with E-state index in [0.29, 0.717) is 13.1 Å². The fourth-order valence-corrected chi connectivity index (χ4v) is 4.20. The van der Waals surface area contributed by atoms with E-state index >= 15 is 0 Å². The number of nitrogens with zero attached hydrogens (tertiary/aromatic N) is 2. The molecule has 2 aromatic carbocycles. The van der Waals surface area contributed by atoms with Gasteiger partial charge in [0.2, 0.25) is 0 Å². The van der Waals surface area contributed by atoms with Gasteiger partial charge in [0.15, 0.2) is 0 Å². The minimum Gasteiger partial charge on any atom is -0.390 e. The van der Waals surface area contributed by atoms with Crippen LogP contribution < -0.4 is 0 Å². The molecule has 132 valence electrons. The highest BCUT2D eigenvalue weighted by Crippen LogP contribution is 2.29. The van der Waals surface area contributed by atoms with Crippen LogP contribution in [0.15, 0.2) is 48.5 Å². The molecule has 3 unspecified atom stereocenters. The zero-order valence-electron chi connectivity index (χ0n) is 14.9. The number of benzene rings is 2. The molecule has 1 N–H and O–H groups in total. The number of ether oxygens (including phenoxy) is 1. The Hall–Kier alpha value is -1.88. The van der Waals surface area contributed by atoms with Crippen LogP contribution >= 0.6 is 0 Å². The summed E-state index contributed by atoms with van der Waals surface area (Å²) in [5.74, 6) is 0. The average Bonchev–Trinajstić information content (AvgIpc) is 2.89. The lowest BCUT2D eigenvalue weighted by atomic mass is 10.2. The van der Waals surface area contributed by atoms with Crippen molar-refractivity contribution in [3.05, 3.63) is 48.5 Å². The molecular weight excluding hydrogens is 312 g/mol. The maximum atomic E-state index is 10.8. The van der Waals surface area contributed by atoms with Crippen molar-refractivity contribution in [1.82, 2.24) is 9.47 Å². The number of rotatable bonds is 4. The van der Waals surface area contributed by atoms with Crippen molar-refractivity contribution < 1.29 is 9.84 Å². The van der Waals surface area contributed by atoms with E-state index < -0.39 is 6.10 Å². The maximum Gasteiger partial charge on any atom is 0.0846 e. The van der Waals surface area contributed by atoms with Gasteiger partial charge in [0, 0.05) is 41.4 Å². The van der Waals surface area contributed by atoms with Gasteiger partial charge in [0.1, 0.15) is 0 Å². The molecular formula is C21H26N2O2. The Bertz CT molecular complexity index is 809. The molecule has 3 atom stereocenters. The molecule has 0 spiro atoms. The van der Waals surface area contributed by atoms with Gasteiger partial charge in [0.25, 0.3) is 0 Å². The Labute approximate surface area is 148 Å². The van der Waals surface area contributed by atoms with Crippen LogP contribution in [0, 0.1) is 0 Å². The number of hydrogen-bond acceptors (Lipinski definition) is 3. The number of aromatic nitrogens is 1. The number of morpholine rings is 1. The predicted octanol–water partition coefficient (Wildman–Crippen LogP) is 3.26. The third-order valence-electron chi connectivity index (χ3n) is 5.04. The lowest BCUT2D eigenvalue weighted by Gasteiger charge is -2.36. The average molecular weight is 338 g/mol. The zero-order chi connectivity index (χ0) is 17.4. The Morgan fingerprint density at radius 3 is 2.00 bits per heavy atom. The van der Waals surface area contributed by atoms with E-state index in [-0.39, 0.29) is 12.2 Å². The van der Waals surface area contributed by atoms with E-state index in [1.165, 1.54) is 21.8 Å². The second kappa shape index (κ2) is 6.79. The van der Waals surface area contributed by atoms with Crippen molar-refractivity contribution in [2.45, 2.75) is 38.7 Å². The van der Waals surface area contributed by atoms with Crippen LogP contribution in [0.2, 0.25) is 0 Å². The van der Waals surface area contributed by atoms with Crippen LogP contribution in [0.25, 0.3) is 21.8 Å². The Morgan fingerprint density at radius 2 is 1.44 bits per heavy atom. The first-order chi connectivity index (χ1) is 12.1. The zero-order valence-corrected chi connectivity index (χ0v) is 14.9. The van der Waals surface area contributed by atoms with Crippen LogP contribution in [0.3, 0.4) is 0 Å². The summed E-state index contributed by atoms with van der Waals surface area (Å²) in [7, 11) is 0. The molecule has 1 aromatic heterocycles. The predicted molar refractivity (Wildman–Crippen MR) is 102 cm³/mol. The monoisotopic (exact) mass is 338 g/mol. The van der Waals surface area contributed by atoms with Crippen LogP contribution in [-0.2, 0) is 11.3 Å². The second-order valence-corrected chi connectivity index (χ2v) is 7.27. The smallest absolute Gasteiger partial charge is 0.0846 e. The van der Waals surface area contributed by atoms with E-state index in [1.807, 2.05) is 0 Å². The molecule has 1 fully saturated rings. The van der Waals surface area contributed by atoms with Crippen LogP contribution in [-0.4, -0.2) is 52.5 Å². The third-order valence-corrected chi connectivity index (χ3v) is 5.04. The number of para-hydroxylation sites is 2. The van der Waals surface area contributed by atoms with Gasteiger partial charge in [-0.2, -0.15) is 0 Å².